The summed E-state index contributed by atoms with van der Waals surface area (Å²) >= 11 is 5.87. The van der Waals surface area contributed by atoms with Gasteiger partial charge in [-0.25, -0.2) is 4.98 Å². The van der Waals surface area contributed by atoms with Crippen LogP contribution in [-0.2, 0) is 6.54 Å². The Bertz CT molecular complexity index is 399. The van der Waals surface area contributed by atoms with Gasteiger partial charge in [-0.15, -0.1) is 0 Å². The van der Waals surface area contributed by atoms with Crippen molar-refractivity contribution in [2.45, 2.75) is 50.9 Å². The summed E-state index contributed by atoms with van der Waals surface area (Å²) in [6, 6.07) is 0.430. The second-order valence-corrected chi connectivity index (χ2v) is 4.92. The van der Waals surface area contributed by atoms with E-state index in [0.29, 0.717) is 11.9 Å². The van der Waals surface area contributed by atoms with Gasteiger partial charge in [-0.1, -0.05) is 0 Å². The summed E-state index contributed by atoms with van der Waals surface area (Å²) in [5.74, 6) is 0.650. The fourth-order valence-electron chi connectivity index (χ4n) is 1.83. The Hall–Kier alpha value is -0.910. The second-order valence-electron chi connectivity index (χ2n) is 4.58. The molecule has 7 heteroatoms. The third-order valence-corrected chi connectivity index (χ3v) is 3.35. The van der Waals surface area contributed by atoms with Crippen molar-refractivity contribution in [3.8, 4) is 0 Å². The maximum Gasteiger partial charge on any atom is 0.389 e. The molecular weight excluding hydrogens is 267 g/mol. The van der Waals surface area contributed by atoms with Crippen LogP contribution in [0.5, 0.6) is 0 Å². The minimum Gasteiger partial charge on any atom is -0.366 e. The molecule has 3 nitrogen and oxygen atoms in total. The van der Waals surface area contributed by atoms with Crippen molar-refractivity contribution in [3.05, 3.63) is 11.5 Å². The molecule has 0 aromatic carbocycles. The van der Waals surface area contributed by atoms with Crippen molar-refractivity contribution < 1.29 is 13.2 Å². The predicted octanol–water partition coefficient (Wildman–Crippen LogP) is 3.84. The monoisotopic (exact) mass is 281 g/mol. The summed E-state index contributed by atoms with van der Waals surface area (Å²) in [7, 11) is 0. The molecule has 1 fully saturated rings. The van der Waals surface area contributed by atoms with Crippen molar-refractivity contribution in [1.82, 2.24) is 9.55 Å². The van der Waals surface area contributed by atoms with Crippen molar-refractivity contribution in [2.24, 2.45) is 0 Å². The van der Waals surface area contributed by atoms with Gasteiger partial charge in [0.2, 0.25) is 5.28 Å². The Morgan fingerprint density at radius 1 is 1.44 bits per heavy atom. The maximum absolute atomic E-state index is 12.0. The van der Waals surface area contributed by atoms with Crippen LogP contribution in [0.2, 0.25) is 5.28 Å². The molecule has 102 valence electrons. The van der Waals surface area contributed by atoms with E-state index < -0.39 is 12.6 Å². The minimum absolute atomic E-state index is 0.0163. The average Bonchev–Trinajstić information content (AvgIpc) is 2.52. The molecule has 1 aliphatic carbocycles. The lowest BCUT2D eigenvalue weighted by Gasteiger charge is -2.26. The van der Waals surface area contributed by atoms with Gasteiger partial charge in [0.1, 0.15) is 5.82 Å². The number of halogens is 4. The SMILES string of the molecule is FC(F)(F)CCCn1cc(NC2CCC2)nc1Cl. The lowest BCUT2D eigenvalue weighted by atomic mass is 9.93. The summed E-state index contributed by atoms with van der Waals surface area (Å²) in [4.78, 5) is 4.08. The average molecular weight is 282 g/mol. The number of imidazole rings is 1. The molecule has 0 saturated heterocycles. The summed E-state index contributed by atoms with van der Waals surface area (Å²) < 4.78 is 37.6. The van der Waals surface area contributed by atoms with E-state index in [1.54, 1.807) is 10.8 Å². The first kappa shape index (κ1) is 13.5. The van der Waals surface area contributed by atoms with Crippen LogP contribution in [-0.4, -0.2) is 21.8 Å². The molecule has 1 saturated carbocycles. The number of nitrogens with zero attached hydrogens (tertiary/aromatic N) is 2. The highest BCUT2D eigenvalue weighted by atomic mass is 35.5. The molecule has 1 aromatic rings. The van der Waals surface area contributed by atoms with Crippen LogP contribution >= 0.6 is 11.6 Å². The standard InChI is InChI=1S/C11H15ClF3N3/c12-10-17-9(16-8-3-1-4-8)7-18(10)6-2-5-11(13,14)15/h7-8,16H,1-6H2. The highest BCUT2D eigenvalue weighted by Crippen LogP contribution is 2.25. The summed E-state index contributed by atoms with van der Waals surface area (Å²) in [5, 5.41) is 3.44. The van der Waals surface area contributed by atoms with E-state index in [2.05, 4.69) is 10.3 Å². The topological polar surface area (TPSA) is 29.9 Å². The zero-order chi connectivity index (χ0) is 13.2. The van der Waals surface area contributed by atoms with Crippen molar-refractivity contribution >= 4 is 17.4 Å². The van der Waals surface area contributed by atoms with Crippen LogP contribution in [0.3, 0.4) is 0 Å². The lowest BCUT2D eigenvalue weighted by Crippen LogP contribution is -2.27. The number of aromatic nitrogens is 2. The van der Waals surface area contributed by atoms with Gasteiger partial charge in [0, 0.05) is 25.2 Å². The highest BCUT2D eigenvalue weighted by molar-refractivity contribution is 6.28. The fourth-order valence-corrected chi connectivity index (χ4v) is 2.06. The summed E-state index contributed by atoms with van der Waals surface area (Å²) in [6.45, 7) is 0.234. The molecule has 18 heavy (non-hydrogen) atoms. The van der Waals surface area contributed by atoms with Gasteiger partial charge >= 0.3 is 6.18 Å². The van der Waals surface area contributed by atoms with Crippen LogP contribution in [0, 0.1) is 0 Å². The molecule has 2 rings (SSSR count). The molecule has 0 unspecified atom stereocenters. The molecule has 1 N–H and O–H groups in total. The van der Waals surface area contributed by atoms with Gasteiger partial charge in [-0.3, -0.25) is 0 Å². The van der Waals surface area contributed by atoms with Crippen LogP contribution in [0.1, 0.15) is 32.1 Å². The third-order valence-electron chi connectivity index (χ3n) is 3.04. The molecule has 0 spiro atoms. The maximum atomic E-state index is 12.0. The van der Waals surface area contributed by atoms with E-state index in [-0.39, 0.29) is 18.2 Å². The molecule has 0 bridgehead atoms. The zero-order valence-corrected chi connectivity index (χ0v) is 10.6. The second kappa shape index (κ2) is 5.38. The molecule has 1 heterocycles. The number of nitrogens with one attached hydrogen (secondary N) is 1. The molecular formula is C11H15ClF3N3. The number of anilines is 1. The lowest BCUT2D eigenvalue weighted by molar-refractivity contribution is -0.135. The predicted molar refractivity (Wildman–Crippen MR) is 63.8 cm³/mol. The Morgan fingerprint density at radius 2 is 2.17 bits per heavy atom. The highest BCUT2D eigenvalue weighted by Gasteiger charge is 2.26. The molecule has 0 aliphatic heterocycles. The van der Waals surface area contributed by atoms with Gasteiger partial charge in [-0.05, 0) is 37.3 Å². The van der Waals surface area contributed by atoms with Gasteiger partial charge in [0.25, 0.3) is 0 Å². The van der Waals surface area contributed by atoms with E-state index in [4.69, 9.17) is 11.6 Å². The van der Waals surface area contributed by atoms with Gasteiger partial charge in [-0.2, -0.15) is 13.2 Å². The van der Waals surface area contributed by atoms with Crippen LogP contribution in [0.4, 0.5) is 19.0 Å². The van der Waals surface area contributed by atoms with Crippen LogP contribution < -0.4 is 5.32 Å². The van der Waals surface area contributed by atoms with E-state index in [0.717, 1.165) is 12.8 Å². The quantitative estimate of drug-likeness (QED) is 0.888. The van der Waals surface area contributed by atoms with Gasteiger partial charge in [0.05, 0.1) is 0 Å². The third kappa shape index (κ3) is 3.80. The van der Waals surface area contributed by atoms with Gasteiger partial charge < -0.3 is 9.88 Å². The smallest absolute Gasteiger partial charge is 0.366 e. The minimum atomic E-state index is -4.11. The van der Waals surface area contributed by atoms with Gasteiger partial charge in [0.15, 0.2) is 0 Å². The van der Waals surface area contributed by atoms with E-state index in [1.165, 1.54) is 6.42 Å². The normalized spacial score (nSPS) is 16.7. The molecule has 1 aromatic heterocycles. The first-order valence-electron chi connectivity index (χ1n) is 6.00. The first-order valence-corrected chi connectivity index (χ1v) is 6.38. The van der Waals surface area contributed by atoms with Crippen molar-refractivity contribution in [2.75, 3.05) is 5.32 Å². The number of hydrogen-bond acceptors (Lipinski definition) is 2. The first-order chi connectivity index (χ1) is 8.44. The van der Waals surface area contributed by atoms with E-state index in [1.807, 2.05) is 0 Å². The number of alkyl halides is 3. The van der Waals surface area contributed by atoms with Crippen molar-refractivity contribution in [3.63, 3.8) is 0 Å². The van der Waals surface area contributed by atoms with Crippen molar-refractivity contribution in [1.29, 1.82) is 0 Å². The molecule has 0 atom stereocenters. The Morgan fingerprint density at radius 3 is 2.72 bits per heavy atom. The largest absolute Gasteiger partial charge is 0.389 e. The Balaban J connectivity index is 1.84. The Labute approximate surface area is 108 Å². The number of rotatable bonds is 5. The molecule has 0 amide bonds. The fraction of sp³-hybridized carbons (Fsp3) is 0.727. The number of aryl methyl sites for hydroxylation is 1. The molecule has 0 radical (unpaired) electrons. The molecule has 1 aliphatic rings. The summed E-state index contributed by atoms with van der Waals surface area (Å²) in [5.41, 5.74) is 0. The number of hydrogen-bond donors (Lipinski definition) is 1. The van der Waals surface area contributed by atoms with E-state index in [9.17, 15) is 13.2 Å². The van der Waals surface area contributed by atoms with E-state index >= 15 is 0 Å². The summed E-state index contributed by atoms with van der Waals surface area (Å²) in [6.07, 6.45) is 0.210. The Kier molecular flexibility index (Phi) is 4.04. The van der Waals surface area contributed by atoms with Crippen LogP contribution in [0.25, 0.3) is 0 Å². The zero-order valence-electron chi connectivity index (χ0n) is 9.80. The van der Waals surface area contributed by atoms with Crippen LogP contribution in [0.15, 0.2) is 6.20 Å².